The predicted molar refractivity (Wildman–Crippen MR) is 62.6 cm³/mol. The molecule has 4 nitrogen and oxygen atoms in total. The average molecular weight is 550 g/mol. The zero-order chi connectivity index (χ0) is 27.9. The standard InChI is InChI=1S/C12F18O4/c13-1(3(15)16)5(31)33-11(27,28)9(23,24)7(19,20)8(21,22)10(25,26)12(29,30)34-6(32)2(14)4(17)18. The Morgan fingerprint density at radius 3 is 0.794 bits per heavy atom. The molecule has 0 spiro atoms. The molecule has 34 heavy (non-hydrogen) atoms. The molecule has 0 aliphatic carbocycles. The van der Waals surface area contributed by atoms with Gasteiger partial charge in [-0.05, 0) is 0 Å². The van der Waals surface area contributed by atoms with Gasteiger partial charge in [-0.15, -0.1) is 0 Å². The molecular weight excluding hydrogens is 550 g/mol. The molecule has 0 aromatic rings. The van der Waals surface area contributed by atoms with E-state index >= 15 is 0 Å². The maximum Gasteiger partial charge on any atom is 0.473 e. The van der Waals surface area contributed by atoms with Crippen molar-refractivity contribution >= 4 is 11.9 Å². The molecule has 198 valence electrons. The van der Waals surface area contributed by atoms with Crippen molar-refractivity contribution in [2.75, 3.05) is 0 Å². The molecule has 0 heterocycles. The van der Waals surface area contributed by atoms with Gasteiger partial charge < -0.3 is 9.47 Å². The number of esters is 2. The fourth-order valence-electron chi connectivity index (χ4n) is 1.36. The molecule has 0 fully saturated rings. The molecule has 0 amide bonds. The molecule has 0 bridgehead atoms. The lowest BCUT2D eigenvalue weighted by molar-refractivity contribution is -0.467. The summed E-state index contributed by atoms with van der Waals surface area (Å²) >= 11 is 0. The Labute approximate surface area is 171 Å². The highest BCUT2D eigenvalue weighted by Crippen LogP contribution is 2.60. The normalized spacial score (nSPS) is 13.8. The van der Waals surface area contributed by atoms with Crippen molar-refractivity contribution in [3.05, 3.63) is 23.8 Å². The molecule has 0 aromatic heterocycles. The second-order valence-electron chi connectivity index (χ2n) is 5.26. The molecule has 0 aliphatic heterocycles. The largest absolute Gasteiger partial charge is 0.473 e. The maximum absolute atomic E-state index is 13.4. The fraction of sp³-hybridized carbons (Fsp3) is 0.500. The number of ether oxygens (including phenoxy) is 2. The number of carbonyl (C=O) groups is 2. The van der Waals surface area contributed by atoms with E-state index in [1.165, 1.54) is 0 Å². The first-order valence-electron chi connectivity index (χ1n) is 6.88. The minimum atomic E-state index is -8.54. The Bertz CT molecular complexity index is 807. The third-order valence-electron chi connectivity index (χ3n) is 3.05. The third-order valence-corrected chi connectivity index (χ3v) is 3.05. The van der Waals surface area contributed by atoms with Gasteiger partial charge in [-0.3, -0.25) is 0 Å². The van der Waals surface area contributed by atoms with Crippen LogP contribution in [0.5, 0.6) is 0 Å². The van der Waals surface area contributed by atoms with Gasteiger partial charge in [-0.25, -0.2) is 9.59 Å². The van der Waals surface area contributed by atoms with E-state index in [9.17, 15) is 88.6 Å². The van der Waals surface area contributed by atoms with Gasteiger partial charge in [0.25, 0.3) is 11.7 Å². The average Bonchev–Trinajstić information content (AvgIpc) is 2.64. The first-order valence-corrected chi connectivity index (χ1v) is 6.88. The summed E-state index contributed by atoms with van der Waals surface area (Å²) < 4.78 is 234. The van der Waals surface area contributed by atoms with Gasteiger partial charge in [0, 0.05) is 0 Å². The van der Waals surface area contributed by atoms with Gasteiger partial charge >= 0.3 is 60.0 Å². The van der Waals surface area contributed by atoms with E-state index in [1.807, 2.05) is 9.47 Å². The molecule has 0 radical (unpaired) electrons. The summed E-state index contributed by atoms with van der Waals surface area (Å²) in [4.78, 5) is 20.8. The quantitative estimate of drug-likeness (QED) is 0.202. The highest BCUT2D eigenvalue weighted by atomic mass is 19.4. The van der Waals surface area contributed by atoms with E-state index in [2.05, 4.69) is 0 Å². The summed E-state index contributed by atoms with van der Waals surface area (Å²) in [5.74, 6) is -49.1. The van der Waals surface area contributed by atoms with Gasteiger partial charge in [0.05, 0.1) is 0 Å². The van der Waals surface area contributed by atoms with Crippen molar-refractivity contribution in [2.24, 2.45) is 0 Å². The van der Waals surface area contributed by atoms with Crippen LogP contribution in [0, 0.1) is 0 Å². The minimum Gasteiger partial charge on any atom is -0.390 e. The molecule has 0 aromatic carbocycles. The first kappa shape index (κ1) is 31.2. The van der Waals surface area contributed by atoms with Crippen molar-refractivity contribution < 1.29 is 98.1 Å². The topological polar surface area (TPSA) is 52.6 Å². The van der Waals surface area contributed by atoms with E-state index in [0.717, 1.165) is 0 Å². The number of hydrogen-bond acceptors (Lipinski definition) is 4. The SMILES string of the molecule is O=C(OC(F)(F)C(F)(F)C(F)(F)C(F)(F)C(F)(F)C(F)(F)OC(=O)C(F)=C(F)F)C(F)=C(F)F. The van der Waals surface area contributed by atoms with E-state index in [1.54, 1.807) is 0 Å². The molecule has 0 aliphatic rings. The zero-order valence-electron chi connectivity index (χ0n) is 14.4. The Kier molecular flexibility index (Phi) is 8.32. The molecule has 0 saturated carbocycles. The number of hydrogen-bond donors (Lipinski definition) is 0. The van der Waals surface area contributed by atoms with Crippen LogP contribution in [-0.2, 0) is 19.1 Å². The molecule has 0 atom stereocenters. The van der Waals surface area contributed by atoms with Crippen LogP contribution in [0.2, 0.25) is 0 Å². The second-order valence-corrected chi connectivity index (χ2v) is 5.26. The molecule has 0 unspecified atom stereocenters. The van der Waals surface area contributed by atoms with Crippen LogP contribution in [0.3, 0.4) is 0 Å². The second kappa shape index (κ2) is 9.07. The van der Waals surface area contributed by atoms with Gasteiger partial charge in [0.2, 0.25) is 0 Å². The summed E-state index contributed by atoms with van der Waals surface area (Å²) in [5.41, 5.74) is 0. The van der Waals surface area contributed by atoms with E-state index in [-0.39, 0.29) is 0 Å². The minimum absolute atomic E-state index is 1.82. The third kappa shape index (κ3) is 4.98. The van der Waals surface area contributed by atoms with E-state index < -0.39 is 71.7 Å². The Balaban J connectivity index is 6.47. The van der Waals surface area contributed by atoms with Gasteiger partial charge in [-0.1, -0.05) is 0 Å². The van der Waals surface area contributed by atoms with E-state index in [0.29, 0.717) is 0 Å². The monoisotopic (exact) mass is 550 g/mol. The van der Waals surface area contributed by atoms with Crippen LogP contribution in [0.4, 0.5) is 79.0 Å². The Morgan fingerprint density at radius 2 is 0.618 bits per heavy atom. The lowest BCUT2D eigenvalue weighted by atomic mass is 9.97. The lowest BCUT2D eigenvalue weighted by Gasteiger charge is -2.39. The summed E-state index contributed by atoms with van der Waals surface area (Å²) in [6, 6.07) is 0. The van der Waals surface area contributed by atoms with Crippen molar-refractivity contribution in [3.8, 4) is 0 Å². The van der Waals surface area contributed by atoms with Crippen molar-refractivity contribution in [1.82, 2.24) is 0 Å². The van der Waals surface area contributed by atoms with Crippen LogP contribution < -0.4 is 0 Å². The maximum atomic E-state index is 13.4. The number of halogens is 18. The van der Waals surface area contributed by atoms with Gasteiger partial charge in [0.1, 0.15) is 0 Å². The fourth-order valence-corrected chi connectivity index (χ4v) is 1.36. The molecule has 0 rings (SSSR count). The van der Waals surface area contributed by atoms with Crippen LogP contribution >= 0.6 is 0 Å². The van der Waals surface area contributed by atoms with Crippen molar-refractivity contribution in [1.29, 1.82) is 0 Å². The number of carbonyl (C=O) groups excluding carboxylic acids is 2. The molecule has 0 N–H and O–H groups in total. The number of rotatable bonds is 9. The predicted octanol–water partition coefficient (Wildman–Crippen LogP) is 5.95. The van der Waals surface area contributed by atoms with Crippen LogP contribution in [0.15, 0.2) is 23.8 Å². The molecule has 0 saturated heterocycles. The smallest absolute Gasteiger partial charge is 0.390 e. The van der Waals surface area contributed by atoms with Gasteiger partial charge in [0.15, 0.2) is 0 Å². The Hall–Kier alpha value is -2.84. The summed E-state index contributed by atoms with van der Waals surface area (Å²) in [6.07, 6.45) is -23.1. The van der Waals surface area contributed by atoms with Crippen molar-refractivity contribution in [2.45, 2.75) is 35.9 Å². The van der Waals surface area contributed by atoms with Crippen LogP contribution in [-0.4, -0.2) is 47.8 Å². The lowest BCUT2D eigenvalue weighted by Crippen LogP contribution is -2.71. The summed E-state index contributed by atoms with van der Waals surface area (Å²) in [7, 11) is 0. The summed E-state index contributed by atoms with van der Waals surface area (Å²) in [5, 5.41) is 0. The molecular formula is C12F18O4. The van der Waals surface area contributed by atoms with E-state index in [4.69, 9.17) is 0 Å². The van der Waals surface area contributed by atoms with Crippen molar-refractivity contribution in [3.63, 3.8) is 0 Å². The van der Waals surface area contributed by atoms with Gasteiger partial charge in [-0.2, -0.15) is 79.0 Å². The highest BCUT2D eigenvalue weighted by molar-refractivity contribution is 5.86. The first-order chi connectivity index (χ1) is 14.7. The Morgan fingerprint density at radius 1 is 0.412 bits per heavy atom. The number of alkyl halides is 12. The zero-order valence-corrected chi connectivity index (χ0v) is 14.4. The van der Waals surface area contributed by atoms with Crippen LogP contribution in [0.1, 0.15) is 0 Å². The summed E-state index contributed by atoms with van der Waals surface area (Å²) in [6.45, 7) is 0. The molecule has 22 heteroatoms. The highest BCUT2D eigenvalue weighted by Gasteiger charge is 2.92. The van der Waals surface area contributed by atoms with Crippen LogP contribution in [0.25, 0.3) is 0 Å².